The minimum atomic E-state index is -1.06. The van der Waals surface area contributed by atoms with Crippen molar-refractivity contribution in [3.63, 3.8) is 0 Å². The maximum absolute atomic E-state index is 13.6. The fourth-order valence-corrected chi connectivity index (χ4v) is 2.68. The molecule has 128 valence electrons. The number of carbonyl (C=O) groups is 1. The average molecular weight is 327 g/mol. The van der Waals surface area contributed by atoms with E-state index in [0.29, 0.717) is 12.6 Å². The maximum Gasteiger partial charge on any atom is 0.258 e. The number of carbonyl (C=O) groups excluding carboxylic acids is 1. The van der Waals surface area contributed by atoms with Crippen LogP contribution in [-0.2, 0) is 0 Å². The summed E-state index contributed by atoms with van der Waals surface area (Å²) in [5.74, 6) is -3.21. The first-order valence-electron chi connectivity index (χ1n) is 7.74. The van der Waals surface area contributed by atoms with Gasteiger partial charge in [-0.05, 0) is 13.0 Å². The number of likely N-dealkylation sites (N-methyl/N-ethyl adjacent to an activating group) is 1. The third kappa shape index (κ3) is 4.87. The molecule has 7 heteroatoms. The first-order chi connectivity index (χ1) is 10.9. The number of rotatable bonds is 5. The summed E-state index contributed by atoms with van der Waals surface area (Å²) in [6, 6.07) is 1.31. The Balaban J connectivity index is 1.84. The molecule has 1 amide bonds. The lowest BCUT2D eigenvalue weighted by molar-refractivity contribution is 0.0930. The highest BCUT2D eigenvalue weighted by atomic mass is 19.1. The van der Waals surface area contributed by atoms with Gasteiger partial charge in [-0.3, -0.25) is 4.79 Å². The highest BCUT2D eigenvalue weighted by Gasteiger charge is 2.20. The number of hydrogen-bond donors (Lipinski definition) is 2. The largest absolute Gasteiger partial charge is 0.507 e. The van der Waals surface area contributed by atoms with Crippen LogP contribution in [0.15, 0.2) is 12.1 Å². The second-order valence-electron chi connectivity index (χ2n) is 6.20. The molecule has 1 fully saturated rings. The van der Waals surface area contributed by atoms with Crippen molar-refractivity contribution >= 4 is 5.91 Å². The molecule has 0 aromatic heterocycles. The van der Waals surface area contributed by atoms with Crippen LogP contribution >= 0.6 is 0 Å². The molecule has 1 aliphatic heterocycles. The SMILES string of the molecule is C[C@H](CNC(=O)c1c(O)cc(F)cc1F)CN1CCN(C)CC1. The van der Waals surface area contributed by atoms with Crippen LogP contribution in [0.4, 0.5) is 8.78 Å². The van der Waals surface area contributed by atoms with E-state index >= 15 is 0 Å². The van der Waals surface area contributed by atoms with Crippen molar-refractivity contribution in [2.45, 2.75) is 6.92 Å². The van der Waals surface area contributed by atoms with Crippen LogP contribution in [0.3, 0.4) is 0 Å². The van der Waals surface area contributed by atoms with E-state index < -0.39 is 28.9 Å². The summed E-state index contributed by atoms with van der Waals surface area (Å²) >= 11 is 0. The van der Waals surface area contributed by atoms with E-state index in [1.165, 1.54) is 0 Å². The molecule has 1 atom stereocenters. The zero-order chi connectivity index (χ0) is 17.0. The summed E-state index contributed by atoms with van der Waals surface area (Å²) in [5, 5.41) is 12.1. The Labute approximate surface area is 134 Å². The van der Waals surface area contributed by atoms with Gasteiger partial charge in [0.2, 0.25) is 0 Å². The second kappa shape index (κ2) is 7.70. The van der Waals surface area contributed by atoms with Crippen molar-refractivity contribution < 1.29 is 18.7 Å². The van der Waals surface area contributed by atoms with Gasteiger partial charge in [-0.15, -0.1) is 0 Å². The Bertz CT molecular complexity index is 537. The number of hydrogen-bond acceptors (Lipinski definition) is 4. The van der Waals surface area contributed by atoms with Crippen molar-refractivity contribution in [2.75, 3.05) is 46.3 Å². The smallest absolute Gasteiger partial charge is 0.258 e. The lowest BCUT2D eigenvalue weighted by Crippen LogP contribution is -2.46. The molecular weight excluding hydrogens is 304 g/mol. The lowest BCUT2D eigenvalue weighted by atomic mass is 10.1. The molecular formula is C16H23F2N3O2. The molecule has 1 heterocycles. The maximum atomic E-state index is 13.6. The second-order valence-corrected chi connectivity index (χ2v) is 6.20. The minimum Gasteiger partial charge on any atom is -0.507 e. The van der Waals surface area contributed by atoms with Crippen molar-refractivity contribution in [2.24, 2.45) is 5.92 Å². The third-order valence-electron chi connectivity index (χ3n) is 4.04. The van der Waals surface area contributed by atoms with Gasteiger partial charge in [0.1, 0.15) is 22.9 Å². The molecule has 0 radical (unpaired) electrons. The minimum absolute atomic E-state index is 0.188. The Morgan fingerprint density at radius 2 is 1.96 bits per heavy atom. The van der Waals surface area contributed by atoms with Crippen LogP contribution < -0.4 is 5.32 Å². The van der Waals surface area contributed by atoms with E-state index in [1.807, 2.05) is 6.92 Å². The fraction of sp³-hybridized carbons (Fsp3) is 0.562. The molecule has 1 aliphatic rings. The zero-order valence-electron chi connectivity index (χ0n) is 13.5. The number of amides is 1. The standard InChI is InChI=1S/C16H23F2N3O2/c1-11(10-21-5-3-20(2)4-6-21)9-19-16(23)15-13(18)7-12(17)8-14(15)22/h7-8,11,22H,3-6,9-10H2,1-2H3,(H,19,23)/t11-/m1/s1. The van der Waals surface area contributed by atoms with Gasteiger partial charge in [0.25, 0.3) is 5.91 Å². The van der Waals surface area contributed by atoms with Crippen molar-refractivity contribution in [1.82, 2.24) is 15.1 Å². The van der Waals surface area contributed by atoms with E-state index in [9.17, 15) is 18.7 Å². The third-order valence-corrected chi connectivity index (χ3v) is 4.04. The number of aromatic hydroxyl groups is 1. The van der Waals surface area contributed by atoms with Gasteiger partial charge in [0.05, 0.1) is 0 Å². The summed E-state index contributed by atoms with van der Waals surface area (Å²) in [6.07, 6.45) is 0. The number of phenols is 1. The van der Waals surface area contributed by atoms with E-state index in [2.05, 4.69) is 22.2 Å². The van der Waals surface area contributed by atoms with Gasteiger partial charge in [-0.2, -0.15) is 0 Å². The summed E-state index contributed by atoms with van der Waals surface area (Å²) in [7, 11) is 2.09. The van der Waals surface area contributed by atoms with E-state index in [0.717, 1.165) is 38.8 Å². The monoisotopic (exact) mass is 327 g/mol. The fourth-order valence-electron chi connectivity index (χ4n) is 2.68. The molecule has 0 aliphatic carbocycles. The van der Waals surface area contributed by atoms with Crippen molar-refractivity contribution in [3.05, 3.63) is 29.3 Å². The Kier molecular flexibility index (Phi) is 5.90. The highest BCUT2D eigenvalue weighted by Crippen LogP contribution is 2.21. The molecule has 1 aromatic rings. The molecule has 23 heavy (non-hydrogen) atoms. The number of benzene rings is 1. The van der Waals surface area contributed by atoms with Gasteiger partial charge in [-0.1, -0.05) is 6.92 Å². The lowest BCUT2D eigenvalue weighted by Gasteiger charge is -2.33. The van der Waals surface area contributed by atoms with Crippen LogP contribution in [0, 0.1) is 17.6 Å². The highest BCUT2D eigenvalue weighted by molar-refractivity contribution is 5.97. The van der Waals surface area contributed by atoms with Gasteiger partial charge in [-0.25, -0.2) is 8.78 Å². The molecule has 0 saturated carbocycles. The average Bonchev–Trinajstić information content (AvgIpc) is 2.46. The number of piperazine rings is 1. The first-order valence-corrected chi connectivity index (χ1v) is 7.74. The number of halogens is 2. The number of nitrogens with zero attached hydrogens (tertiary/aromatic N) is 2. The van der Waals surface area contributed by atoms with E-state index in [1.54, 1.807) is 0 Å². The van der Waals surface area contributed by atoms with E-state index in [4.69, 9.17) is 0 Å². The number of phenolic OH excluding ortho intramolecular Hbond substituents is 1. The molecule has 1 aromatic carbocycles. The van der Waals surface area contributed by atoms with Gasteiger partial charge >= 0.3 is 0 Å². The molecule has 0 bridgehead atoms. The molecule has 0 unspecified atom stereocenters. The van der Waals surface area contributed by atoms with Crippen LogP contribution in [0.25, 0.3) is 0 Å². The van der Waals surface area contributed by atoms with Gasteiger partial charge < -0.3 is 20.2 Å². The normalized spacial score (nSPS) is 17.9. The Morgan fingerprint density at radius 1 is 1.30 bits per heavy atom. The predicted molar refractivity (Wildman–Crippen MR) is 83.5 cm³/mol. The van der Waals surface area contributed by atoms with Crippen LogP contribution in [0.2, 0.25) is 0 Å². The summed E-state index contributed by atoms with van der Waals surface area (Å²) in [4.78, 5) is 16.6. The quantitative estimate of drug-likeness (QED) is 0.856. The van der Waals surface area contributed by atoms with Crippen LogP contribution in [-0.4, -0.2) is 67.1 Å². The first kappa shape index (κ1) is 17.6. The summed E-state index contributed by atoms with van der Waals surface area (Å²) in [6.45, 7) is 7.22. The number of nitrogens with one attached hydrogen (secondary N) is 1. The molecule has 2 rings (SSSR count). The van der Waals surface area contributed by atoms with Crippen LogP contribution in [0.1, 0.15) is 17.3 Å². The molecule has 0 spiro atoms. The Hall–Kier alpha value is -1.73. The molecule has 5 nitrogen and oxygen atoms in total. The summed E-state index contributed by atoms with van der Waals surface area (Å²) in [5.41, 5.74) is -0.516. The Morgan fingerprint density at radius 3 is 2.57 bits per heavy atom. The van der Waals surface area contributed by atoms with E-state index in [-0.39, 0.29) is 5.92 Å². The van der Waals surface area contributed by atoms with Gasteiger partial charge in [0.15, 0.2) is 0 Å². The zero-order valence-corrected chi connectivity index (χ0v) is 13.5. The van der Waals surface area contributed by atoms with Crippen LogP contribution in [0.5, 0.6) is 5.75 Å². The topological polar surface area (TPSA) is 55.8 Å². The van der Waals surface area contributed by atoms with Crippen molar-refractivity contribution in [3.8, 4) is 5.75 Å². The molecule has 1 saturated heterocycles. The molecule has 2 N–H and O–H groups in total. The predicted octanol–water partition coefficient (Wildman–Crippen LogP) is 1.28. The summed E-state index contributed by atoms with van der Waals surface area (Å²) < 4.78 is 26.6. The van der Waals surface area contributed by atoms with Crippen molar-refractivity contribution in [1.29, 1.82) is 0 Å². The van der Waals surface area contributed by atoms with Gasteiger partial charge in [0, 0.05) is 51.4 Å².